The Bertz CT molecular complexity index is 780. The molecule has 3 rings (SSSR count). The molecule has 1 fully saturated rings. The minimum Gasteiger partial charge on any atom is -0.535 e. The number of aliphatic carboxylic acids is 1. The number of carbonyl (C=O) groups is 3. The largest absolute Gasteiger partial charge is 0.535 e. The van der Waals surface area contributed by atoms with Gasteiger partial charge in [0.1, 0.15) is 29.2 Å². The van der Waals surface area contributed by atoms with Gasteiger partial charge in [0, 0.05) is 0 Å². The fourth-order valence-corrected chi connectivity index (χ4v) is 3.01. The number of carbonyl (C=O) groups excluding carboxylic acids is 1. The first-order chi connectivity index (χ1) is 12.8. The van der Waals surface area contributed by atoms with E-state index in [1.807, 2.05) is 0 Å². The molecule has 0 radical (unpaired) electrons. The number of likely N-dealkylation sites (tertiary alicyclic amines) is 1. The molecule has 0 aromatic heterocycles. The van der Waals surface area contributed by atoms with Crippen LogP contribution in [0.25, 0.3) is 0 Å². The Kier molecular flexibility index (Phi) is 5.24. The number of aromatic carboxylic acids is 1. The molecule has 2 aliphatic heterocycles. The number of hydrogen-bond acceptors (Lipinski definition) is 7. The van der Waals surface area contributed by atoms with Crippen molar-refractivity contribution < 1.29 is 39.0 Å². The van der Waals surface area contributed by atoms with E-state index in [2.05, 4.69) is 0 Å². The van der Waals surface area contributed by atoms with Gasteiger partial charge in [0.25, 0.3) is 0 Å². The summed E-state index contributed by atoms with van der Waals surface area (Å²) in [5.41, 5.74) is 5.86. The monoisotopic (exact) mass is 378 g/mol. The first-order valence-corrected chi connectivity index (χ1v) is 8.43. The van der Waals surface area contributed by atoms with Crippen LogP contribution in [0.15, 0.2) is 12.1 Å². The second kappa shape index (κ2) is 7.45. The summed E-state index contributed by atoms with van der Waals surface area (Å²) in [6, 6.07) is 1.96. The smallest absolute Gasteiger partial charge is 0.522 e. The van der Waals surface area contributed by atoms with E-state index in [9.17, 15) is 24.5 Å². The second-order valence-corrected chi connectivity index (χ2v) is 6.53. The van der Waals surface area contributed by atoms with Crippen LogP contribution < -0.4 is 15.1 Å². The average molecular weight is 378 g/mol. The number of rotatable bonds is 6. The molecule has 2 heterocycles. The van der Waals surface area contributed by atoms with Crippen LogP contribution in [0.5, 0.6) is 11.5 Å². The zero-order chi connectivity index (χ0) is 19.7. The van der Waals surface area contributed by atoms with Crippen LogP contribution in [0.4, 0.5) is 0 Å². The van der Waals surface area contributed by atoms with E-state index in [0.717, 1.165) is 0 Å². The van der Waals surface area contributed by atoms with Crippen molar-refractivity contribution in [3.8, 4) is 11.5 Å². The van der Waals surface area contributed by atoms with Gasteiger partial charge >= 0.3 is 19.1 Å². The second-order valence-electron chi connectivity index (χ2n) is 6.53. The molecule has 1 aromatic carbocycles. The number of hydrogen-bond donors (Lipinski definition) is 4. The molecule has 10 nitrogen and oxygen atoms in total. The van der Waals surface area contributed by atoms with Gasteiger partial charge in [0.2, 0.25) is 5.91 Å². The highest BCUT2D eigenvalue weighted by atomic mass is 16.5. The fraction of sp³-hybridized carbons (Fsp3) is 0.438. The maximum absolute atomic E-state index is 11.9. The van der Waals surface area contributed by atoms with Crippen LogP contribution in [0.3, 0.4) is 0 Å². The average Bonchev–Trinajstić information content (AvgIpc) is 2.56. The maximum atomic E-state index is 11.9. The summed E-state index contributed by atoms with van der Waals surface area (Å²) >= 11 is 0. The third kappa shape index (κ3) is 3.98. The zero-order valence-electron chi connectivity index (χ0n) is 14.3. The minimum atomic E-state index is -1.26. The lowest BCUT2D eigenvalue weighted by Gasteiger charge is -2.39. The quantitative estimate of drug-likeness (QED) is 0.464. The van der Waals surface area contributed by atoms with Gasteiger partial charge in [0.15, 0.2) is 0 Å². The standard InChI is InChI=1S/C16H19BN2O8/c18-10(15(21)22)5-12(20)19-6-9(7-19)26-11-2-1-8-3-4-17(25)27-14(8)13(11)16(23)24/h1-2,9-10,25H,3-7,18H2,(H,21,22)(H,23,24). The molecule has 2 aliphatic rings. The molecule has 0 spiro atoms. The molecule has 5 N–H and O–H groups in total. The molecule has 1 saturated heterocycles. The van der Waals surface area contributed by atoms with Crippen molar-refractivity contribution in [3.63, 3.8) is 0 Å². The van der Waals surface area contributed by atoms with Gasteiger partial charge in [-0.2, -0.15) is 0 Å². The van der Waals surface area contributed by atoms with E-state index in [-0.39, 0.29) is 36.6 Å². The van der Waals surface area contributed by atoms with Gasteiger partial charge < -0.3 is 35.3 Å². The van der Waals surface area contributed by atoms with Gasteiger partial charge in [-0.1, -0.05) is 6.07 Å². The SMILES string of the molecule is NC(CC(=O)N1CC(Oc2ccc3c(c2C(=O)O)OB(O)CC3)C1)C(=O)O. The summed E-state index contributed by atoms with van der Waals surface area (Å²) in [6.45, 7) is 0.398. The first kappa shape index (κ1) is 19.0. The molecule has 0 saturated carbocycles. The summed E-state index contributed by atoms with van der Waals surface area (Å²) in [5, 5.41) is 27.9. The number of amides is 1. The van der Waals surface area contributed by atoms with Crippen LogP contribution in [-0.2, 0) is 16.0 Å². The zero-order valence-corrected chi connectivity index (χ0v) is 14.3. The molecule has 144 valence electrons. The summed E-state index contributed by atoms with van der Waals surface area (Å²) in [6.07, 6.45) is 0.129. The number of nitrogens with two attached hydrogens (primary N) is 1. The predicted molar refractivity (Wildman–Crippen MR) is 91.7 cm³/mol. The molecular weight excluding hydrogens is 359 g/mol. The van der Waals surface area contributed by atoms with Crippen molar-refractivity contribution in [2.24, 2.45) is 5.73 Å². The Morgan fingerprint density at radius 3 is 2.67 bits per heavy atom. The van der Waals surface area contributed by atoms with E-state index in [0.29, 0.717) is 18.3 Å². The number of carboxylic acid groups (broad SMARTS) is 2. The van der Waals surface area contributed by atoms with Crippen LogP contribution >= 0.6 is 0 Å². The lowest BCUT2D eigenvalue weighted by atomic mass is 9.78. The van der Waals surface area contributed by atoms with Gasteiger partial charge in [-0.3, -0.25) is 9.59 Å². The Morgan fingerprint density at radius 2 is 2.04 bits per heavy atom. The number of fused-ring (bicyclic) bond motifs is 1. The predicted octanol–water partition coefficient (Wildman–Crippen LogP) is -0.808. The highest BCUT2D eigenvalue weighted by molar-refractivity contribution is 6.44. The van der Waals surface area contributed by atoms with Crippen LogP contribution in [0.1, 0.15) is 22.3 Å². The molecule has 1 aromatic rings. The third-order valence-electron chi connectivity index (χ3n) is 4.54. The molecule has 11 heteroatoms. The van der Waals surface area contributed by atoms with E-state index >= 15 is 0 Å². The maximum Gasteiger partial charge on any atom is 0.522 e. The summed E-state index contributed by atoms with van der Waals surface area (Å²) in [4.78, 5) is 35.7. The summed E-state index contributed by atoms with van der Waals surface area (Å²) in [5.74, 6) is -2.71. The highest BCUT2D eigenvalue weighted by Crippen LogP contribution is 2.37. The van der Waals surface area contributed by atoms with Crippen molar-refractivity contribution in [2.75, 3.05) is 13.1 Å². The van der Waals surface area contributed by atoms with E-state index in [1.54, 1.807) is 6.07 Å². The number of ether oxygens (including phenoxy) is 1. The van der Waals surface area contributed by atoms with Crippen molar-refractivity contribution >= 4 is 25.0 Å². The van der Waals surface area contributed by atoms with E-state index in [1.165, 1.54) is 11.0 Å². The van der Waals surface area contributed by atoms with E-state index in [4.69, 9.17) is 20.2 Å². The lowest BCUT2D eigenvalue weighted by molar-refractivity contribution is -0.146. The van der Waals surface area contributed by atoms with Gasteiger partial charge in [-0.25, -0.2) is 4.79 Å². The molecule has 27 heavy (non-hydrogen) atoms. The molecule has 1 atom stereocenters. The third-order valence-corrected chi connectivity index (χ3v) is 4.54. The summed E-state index contributed by atoms with van der Waals surface area (Å²) < 4.78 is 11.0. The van der Waals surface area contributed by atoms with Crippen LogP contribution in [0.2, 0.25) is 6.32 Å². The Hall–Kier alpha value is -2.79. The molecule has 1 unspecified atom stereocenters. The van der Waals surface area contributed by atoms with Gasteiger partial charge in [0.05, 0.1) is 19.5 Å². The van der Waals surface area contributed by atoms with Crippen LogP contribution in [0, 0.1) is 0 Å². The number of carboxylic acids is 2. The summed E-state index contributed by atoms with van der Waals surface area (Å²) in [7, 11) is -1.07. The van der Waals surface area contributed by atoms with Gasteiger partial charge in [-0.05, 0) is 24.4 Å². The molecule has 0 bridgehead atoms. The van der Waals surface area contributed by atoms with Crippen molar-refractivity contribution in [2.45, 2.75) is 31.3 Å². The normalized spacial score (nSPS) is 17.4. The highest BCUT2D eigenvalue weighted by Gasteiger charge is 2.36. The van der Waals surface area contributed by atoms with Crippen LogP contribution in [-0.4, -0.2) is 70.3 Å². The Morgan fingerprint density at radius 1 is 1.33 bits per heavy atom. The molecule has 1 amide bonds. The van der Waals surface area contributed by atoms with Crippen molar-refractivity contribution in [1.82, 2.24) is 4.90 Å². The first-order valence-electron chi connectivity index (χ1n) is 8.43. The number of nitrogens with zero attached hydrogens (tertiary/aromatic N) is 1. The number of benzene rings is 1. The fourth-order valence-electron chi connectivity index (χ4n) is 3.01. The van der Waals surface area contributed by atoms with Gasteiger partial charge in [-0.15, -0.1) is 0 Å². The van der Waals surface area contributed by atoms with Crippen molar-refractivity contribution in [3.05, 3.63) is 23.3 Å². The van der Waals surface area contributed by atoms with Crippen molar-refractivity contribution in [1.29, 1.82) is 0 Å². The van der Waals surface area contributed by atoms with E-state index < -0.39 is 37.1 Å². The Labute approximate surface area is 154 Å². The Balaban J connectivity index is 1.66. The molecule has 0 aliphatic carbocycles. The molecular formula is C16H19BN2O8. The topological polar surface area (TPSA) is 160 Å². The lowest BCUT2D eigenvalue weighted by Crippen LogP contribution is -2.57. The minimum absolute atomic E-state index is 0.0923. The number of aryl methyl sites for hydroxylation is 1.